The first-order chi connectivity index (χ1) is 10.3. The maximum Gasteiger partial charge on any atom is 0.277 e. The van der Waals surface area contributed by atoms with E-state index in [9.17, 15) is 4.79 Å². The van der Waals surface area contributed by atoms with Crippen LogP contribution in [-0.4, -0.2) is 25.3 Å². The molecule has 7 heteroatoms. The fraction of sp³-hybridized carbons (Fsp3) is 0.286. The van der Waals surface area contributed by atoms with Gasteiger partial charge in [0.05, 0.1) is 11.9 Å². The molecule has 3 aromatic rings. The van der Waals surface area contributed by atoms with Crippen molar-refractivity contribution in [1.29, 1.82) is 0 Å². The molecule has 0 atom stereocenters. The van der Waals surface area contributed by atoms with Crippen LogP contribution in [0.3, 0.4) is 0 Å². The highest BCUT2D eigenvalue weighted by atomic mass is 16.3. The first kappa shape index (κ1) is 12.1. The summed E-state index contributed by atoms with van der Waals surface area (Å²) >= 11 is 0. The van der Waals surface area contributed by atoms with Gasteiger partial charge in [-0.1, -0.05) is 6.42 Å². The zero-order valence-corrected chi connectivity index (χ0v) is 11.2. The lowest BCUT2D eigenvalue weighted by Crippen LogP contribution is -2.14. The van der Waals surface area contributed by atoms with Gasteiger partial charge >= 0.3 is 0 Å². The van der Waals surface area contributed by atoms with E-state index in [2.05, 4.69) is 20.3 Å². The zero-order chi connectivity index (χ0) is 14.2. The third-order valence-electron chi connectivity index (χ3n) is 3.71. The lowest BCUT2D eigenvalue weighted by molar-refractivity contribution is 0.102. The van der Waals surface area contributed by atoms with Crippen molar-refractivity contribution < 1.29 is 9.21 Å². The number of nitrogens with one attached hydrogen (secondary N) is 1. The molecular weight excluding hydrogens is 270 g/mol. The maximum atomic E-state index is 12.1. The number of carbonyl (C=O) groups excluding carboxylic acids is 1. The number of aromatic nitrogens is 4. The average molecular weight is 283 g/mol. The molecule has 7 nitrogen and oxygen atoms in total. The first-order valence-corrected chi connectivity index (χ1v) is 6.85. The molecule has 3 aromatic heterocycles. The minimum Gasteiger partial charge on any atom is -0.448 e. The summed E-state index contributed by atoms with van der Waals surface area (Å²) in [5.41, 5.74) is 0.876. The van der Waals surface area contributed by atoms with Gasteiger partial charge in [-0.3, -0.25) is 9.20 Å². The Labute approximate surface area is 120 Å². The molecule has 1 N–H and O–H groups in total. The van der Waals surface area contributed by atoms with Crippen LogP contribution in [0.1, 0.15) is 41.6 Å². The van der Waals surface area contributed by atoms with Crippen molar-refractivity contribution in [3.8, 4) is 0 Å². The van der Waals surface area contributed by atoms with Crippen molar-refractivity contribution in [2.75, 3.05) is 5.32 Å². The van der Waals surface area contributed by atoms with Gasteiger partial charge in [-0.25, -0.2) is 15.0 Å². The van der Waals surface area contributed by atoms with Crippen LogP contribution in [0.2, 0.25) is 0 Å². The molecule has 0 bridgehead atoms. The maximum absolute atomic E-state index is 12.1. The summed E-state index contributed by atoms with van der Waals surface area (Å²) in [5, 5.41) is 2.76. The van der Waals surface area contributed by atoms with Gasteiger partial charge in [0, 0.05) is 24.5 Å². The lowest BCUT2D eigenvalue weighted by atomic mass is 9.85. The van der Waals surface area contributed by atoms with Gasteiger partial charge in [-0.15, -0.1) is 0 Å². The first-order valence-electron chi connectivity index (χ1n) is 6.85. The largest absolute Gasteiger partial charge is 0.448 e. The molecular formula is C14H13N5O2. The zero-order valence-electron chi connectivity index (χ0n) is 11.2. The van der Waals surface area contributed by atoms with Gasteiger partial charge in [0.25, 0.3) is 5.91 Å². The number of hydrogen-bond donors (Lipinski definition) is 1. The topological polar surface area (TPSA) is 85.3 Å². The van der Waals surface area contributed by atoms with Crippen molar-refractivity contribution in [2.24, 2.45) is 0 Å². The highest BCUT2D eigenvalue weighted by Gasteiger charge is 2.25. The van der Waals surface area contributed by atoms with Crippen molar-refractivity contribution in [1.82, 2.24) is 19.4 Å². The monoisotopic (exact) mass is 283 g/mol. The van der Waals surface area contributed by atoms with Crippen molar-refractivity contribution in [3.63, 3.8) is 0 Å². The van der Waals surface area contributed by atoms with E-state index in [1.54, 1.807) is 29.2 Å². The summed E-state index contributed by atoms with van der Waals surface area (Å²) in [6.45, 7) is 0. The van der Waals surface area contributed by atoms with Crippen molar-refractivity contribution in [2.45, 2.75) is 25.2 Å². The molecule has 0 saturated heterocycles. The second-order valence-electron chi connectivity index (χ2n) is 5.13. The molecule has 0 unspecified atom stereocenters. The summed E-state index contributed by atoms with van der Waals surface area (Å²) in [5.74, 6) is 1.32. The minimum atomic E-state index is -0.300. The SMILES string of the molecule is O=C(Nc1cnc2nccn2c1)c1coc(C2CCC2)n1. The number of hydrogen-bond acceptors (Lipinski definition) is 5. The van der Waals surface area contributed by atoms with Gasteiger partial charge in [-0.05, 0) is 12.8 Å². The van der Waals surface area contributed by atoms with Crippen LogP contribution in [0.15, 0.2) is 35.5 Å². The molecule has 0 radical (unpaired) electrons. The third kappa shape index (κ3) is 2.16. The summed E-state index contributed by atoms with van der Waals surface area (Å²) < 4.78 is 7.12. The van der Waals surface area contributed by atoms with E-state index in [0.717, 1.165) is 12.8 Å². The van der Waals surface area contributed by atoms with Crippen LogP contribution in [-0.2, 0) is 0 Å². The standard InChI is InChI=1S/C14H13N5O2/c20-12(11-8-21-13(18-11)9-2-1-3-9)17-10-6-16-14-15-4-5-19(14)7-10/h4-9H,1-3H2,(H,17,20). The lowest BCUT2D eigenvalue weighted by Gasteiger charge is -2.21. The molecule has 4 rings (SSSR count). The van der Waals surface area contributed by atoms with E-state index in [1.807, 2.05) is 0 Å². The summed E-state index contributed by atoms with van der Waals surface area (Å²) in [6, 6.07) is 0. The van der Waals surface area contributed by atoms with E-state index < -0.39 is 0 Å². The van der Waals surface area contributed by atoms with Crippen LogP contribution >= 0.6 is 0 Å². The van der Waals surface area contributed by atoms with Gasteiger partial charge in [-0.2, -0.15) is 0 Å². The van der Waals surface area contributed by atoms with Gasteiger partial charge in [0.2, 0.25) is 5.78 Å². The average Bonchev–Trinajstić information content (AvgIpc) is 3.04. The van der Waals surface area contributed by atoms with Crippen molar-refractivity contribution in [3.05, 3.63) is 42.6 Å². The molecule has 1 aliphatic carbocycles. The van der Waals surface area contributed by atoms with Gasteiger partial charge < -0.3 is 9.73 Å². The number of nitrogens with zero attached hydrogens (tertiary/aromatic N) is 4. The Balaban J connectivity index is 1.52. The van der Waals surface area contributed by atoms with Crippen molar-refractivity contribution >= 4 is 17.4 Å². The summed E-state index contributed by atoms with van der Waals surface area (Å²) in [4.78, 5) is 24.6. The van der Waals surface area contributed by atoms with E-state index in [4.69, 9.17) is 4.42 Å². The summed E-state index contributed by atoms with van der Waals surface area (Å²) in [7, 11) is 0. The Kier molecular flexibility index (Phi) is 2.70. The highest BCUT2D eigenvalue weighted by Crippen LogP contribution is 2.35. The predicted octanol–water partition coefficient (Wildman–Crippen LogP) is 2.24. The molecule has 1 amide bonds. The number of anilines is 1. The molecule has 1 fully saturated rings. The smallest absolute Gasteiger partial charge is 0.277 e. The van der Waals surface area contributed by atoms with Crippen LogP contribution < -0.4 is 5.32 Å². The molecule has 1 saturated carbocycles. The van der Waals surface area contributed by atoms with Gasteiger partial charge in [0.1, 0.15) is 6.26 Å². The molecule has 0 spiro atoms. The molecule has 3 heterocycles. The van der Waals surface area contributed by atoms with E-state index in [-0.39, 0.29) is 5.91 Å². The molecule has 21 heavy (non-hydrogen) atoms. The Morgan fingerprint density at radius 2 is 2.29 bits per heavy atom. The second-order valence-corrected chi connectivity index (χ2v) is 5.13. The molecule has 0 aliphatic heterocycles. The fourth-order valence-corrected chi connectivity index (χ4v) is 2.31. The van der Waals surface area contributed by atoms with E-state index in [0.29, 0.717) is 29.0 Å². The minimum absolute atomic E-state index is 0.294. The van der Waals surface area contributed by atoms with E-state index >= 15 is 0 Å². The van der Waals surface area contributed by atoms with Crippen LogP contribution in [0.25, 0.3) is 5.78 Å². The number of carbonyl (C=O) groups is 1. The van der Waals surface area contributed by atoms with Crippen LogP contribution in [0, 0.1) is 0 Å². The second kappa shape index (κ2) is 4.69. The van der Waals surface area contributed by atoms with E-state index in [1.165, 1.54) is 12.7 Å². The highest BCUT2D eigenvalue weighted by molar-refractivity contribution is 6.02. The van der Waals surface area contributed by atoms with Crippen LogP contribution in [0.4, 0.5) is 5.69 Å². The summed E-state index contributed by atoms with van der Waals surface area (Å²) in [6.07, 6.45) is 11.5. The number of rotatable bonds is 3. The fourth-order valence-electron chi connectivity index (χ4n) is 2.31. The predicted molar refractivity (Wildman–Crippen MR) is 74.0 cm³/mol. The quantitative estimate of drug-likeness (QED) is 0.796. The number of imidazole rings is 1. The number of amides is 1. The third-order valence-corrected chi connectivity index (χ3v) is 3.71. The van der Waals surface area contributed by atoms with Gasteiger partial charge in [0.15, 0.2) is 11.6 Å². The Morgan fingerprint density at radius 1 is 1.38 bits per heavy atom. The number of oxazole rings is 1. The van der Waals surface area contributed by atoms with Crippen LogP contribution in [0.5, 0.6) is 0 Å². The Bertz CT molecular complexity index is 802. The number of fused-ring (bicyclic) bond motifs is 1. The molecule has 106 valence electrons. The molecule has 1 aliphatic rings. The normalized spacial score (nSPS) is 15.0. The Hall–Kier alpha value is -2.70. The molecule has 0 aromatic carbocycles. The Morgan fingerprint density at radius 3 is 3.10 bits per heavy atom.